The van der Waals surface area contributed by atoms with Crippen molar-refractivity contribution >= 4 is 5.91 Å². The van der Waals surface area contributed by atoms with Crippen molar-refractivity contribution in [3.05, 3.63) is 102 Å². The first-order valence-corrected chi connectivity index (χ1v) is 9.23. The van der Waals surface area contributed by atoms with Gasteiger partial charge in [-0.3, -0.25) is 4.79 Å². The number of carbonyl (C=O) groups is 1. The lowest BCUT2D eigenvalue weighted by molar-refractivity contribution is 0.0951. The fraction of sp³-hybridized carbons (Fsp3) is 0.0909. The third-order valence-corrected chi connectivity index (χ3v) is 4.32. The summed E-state index contributed by atoms with van der Waals surface area (Å²) in [6, 6.07) is 16.5. The Bertz CT molecular complexity index is 1110. The largest absolute Gasteiger partial charge is 0.439 e. The molecule has 4 rings (SSSR count). The molecule has 0 aliphatic rings. The Labute approximate surface area is 172 Å². The van der Waals surface area contributed by atoms with E-state index in [4.69, 9.17) is 4.74 Å². The maximum absolute atomic E-state index is 13.0. The summed E-state index contributed by atoms with van der Waals surface area (Å²) in [6.07, 6.45) is 4.72. The molecule has 0 saturated heterocycles. The molecule has 2 aromatic carbocycles. The van der Waals surface area contributed by atoms with Crippen LogP contribution in [-0.4, -0.2) is 25.7 Å². The normalized spacial score (nSPS) is 10.6. The molecule has 1 N–H and O–H groups in total. The maximum atomic E-state index is 13.0. The standard InChI is InChI=1S/C22H18FN5O2/c23-19-5-7-20(8-6-19)30-21-11-17(9-10-25-21)12-26-22(29)18-3-1-16(2-4-18)13-28-15-24-14-27-28/h1-11,14-15H,12-13H2,(H,26,29). The average molecular weight is 403 g/mol. The van der Waals surface area contributed by atoms with E-state index in [0.29, 0.717) is 30.3 Å². The summed E-state index contributed by atoms with van der Waals surface area (Å²) in [5.41, 5.74) is 2.42. The van der Waals surface area contributed by atoms with Crippen LogP contribution in [0.15, 0.2) is 79.5 Å². The minimum Gasteiger partial charge on any atom is -0.439 e. The van der Waals surface area contributed by atoms with Gasteiger partial charge in [0, 0.05) is 24.4 Å². The van der Waals surface area contributed by atoms with E-state index in [-0.39, 0.29) is 11.7 Å². The Kier molecular flexibility index (Phi) is 5.75. The predicted octanol–water partition coefficient (Wildman–Crippen LogP) is 3.58. The van der Waals surface area contributed by atoms with Crippen molar-refractivity contribution in [2.24, 2.45) is 0 Å². The highest BCUT2D eigenvalue weighted by atomic mass is 19.1. The minimum absolute atomic E-state index is 0.180. The maximum Gasteiger partial charge on any atom is 0.251 e. The molecule has 0 unspecified atom stereocenters. The van der Waals surface area contributed by atoms with Crippen LogP contribution in [0.1, 0.15) is 21.5 Å². The first-order chi connectivity index (χ1) is 14.7. The number of ether oxygens (including phenoxy) is 1. The second-order valence-electron chi connectivity index (χ2n) is 6.53. The SMILES string of the molecule is O=C(NCc1ccnc(Oc2ccc(F)cc2)c1)c1ccc(Cn2cncn2)cc1. The summed E-state index contributed by atoms with van der Waals surface area (Å²) in [7, 11) is 0. The lowest BCUT2D eigenvalue weighted by Gasteiger charge is -2.09. The fourth-order valence-electron chi connectivity index (χ4n) is 2.79. The topological polar surface area (TPSA) is 81.9 Å². The van der Waals surface area contributed by atoms with Crippen LogP contribution < -0.4 is 10.1 Å². The van der Waals surface area contributed by atoms with E-state index >= 15 is 0 Å². The minimum atomic E-state index is -0.335. The van der Waals surface area contributed by atoms with Crippen molar-refractivity contribution in [2.75, 3.05) is 0 Å². The van der Waals surface area contributed by atoms with Crippen molar-refractivity contribution in [3.63, 3.8) is 0 Å². The van der Waals surface area contributed by atoms with Gasteiger partial charge in [-0.1, -0.05) is 12.1 Å². The van der Waals surface area contributed by atoms with Gasteiger partial charge in [-0.15, -0.1) is 0 Å². The Morgan fingerprint density at radius 3 is 2.57 bits per heavy atom. The van der Waals surface area contributed by atoms with Gasteiger partial charge in [0.15, 0.2) is 0 Å². The highest BCUT2D eigenvalue weighted by Crippen LogP contribution is 2.20. The highest BCUT2D eigenvalue weighted by molar-refractivity contribution is 5.94. The van der Waals surface area contributed by atoms with Crippen LogP contribution in [0, 0.1) is 5.82 Å². The molecule has 0 bridgehead atoms. The van der Waals surface area contributed by atoms with E-state index in [9.17, 15) is 9.18 Å². The van der Waals surface area contributed by atoms with Crippen molar-refractivity contribution in [1.82, 2.24) is 25.1 Å². The van der Waals surface area contributed by atoms with E-state index in [1.807, 2.05) is 12.1 Å². The Hall–Kier alpha value is -4.07. The van der Waals surface area contributed by atoms with Crippen LogP contribution in [-0.2, 0) is 13.1 Å². The van der Waals surface area contributed by atoms with E-state index < -0.39 is 0 Å². The number of rotatable bonds is 7. The van der Waals surface area contributed by atoms with Gasteiger partial charge in [0.05, 0.1) is 6.54 Å². The third-order valence-electron chi connectivity index (χ3n) is 4.32. The second kappa shape index (κ2) is 8.95. The molecule has 30 heavy (non-hydrogen) atoms. The summed E-state index contributed by atoms with van der Waals surface area (Å²) in [6.45, 7) is 0.914. The third kappa shape index (κ3) is 5.05. The summed E-state index contributed by atoms with van der Waals surface area (Å²) in [5, 5.41) is 6.94. The first-order valence-electron chi connectivity index (χ1n) is 9.23. The van der Waals surface area contributed by atoms with Gasteiger partial charge in [-0.25, -0.2) is 19.0 Å². The number of nitrogens with zero attached hydrogens (tertiary/aromatic N) is 4. The van der Waals surface area contributed by atoms with Gasteiger partial charge in [0.1, 0.15) is 24.2 Å². The number of halogens is 1. The number of amides is 1. The van der Waals surface area contributed by atoms with Crippen molar-refractivity contribution < 1.29 is 13.9 Å². The zero-order valence-corrected chi connectivity index (χ0v) is 15.9. The van der Waals surface area contributed by atoms with Crippen molar-refractivity contribution in [3.8, 4) is 11.6 Å². The molecule has 0 radical (unpaired) electrons. The van der Waals surface area contributed by atoms with Gasteiger partial charge in [0.25, 0.3) is 5.91 Å². The molecule has 2 heterocycles. The molecule has 150 valence electrons. The van der Waals surface area contributed by atoms with E-state index in [1.165, 1.54) is 30.6 Å². The number of hydrogen-bond acceptors (Lipinski definition) is 5. The number of benzene rings is 2. The van der Waals surface area contributed by atoms with Gasteiger partial charge in [-0.2, -0.15) is 5.10 Å². The van der Waals surface area contributed by atoms with Crippen LogP contribution in [0.4, 0.5) is 4.39 Å². The summed E-state index contributed by atoms with van der Waals surface area (Å²) in [4.78, 5) is 20.5. The molecule has 0 fully saturated rings. The molecule has 7 nitrogen and oxygen atoms in total. The number of nitrogens with one attached hydrogen (secondary N) is 1. The van der Waals surface area contributed by atoms with Crippen LogP contribution in [0.3, 0.4) is 0 Å². The van der Waals surface area contributed by atoms with Crippen molar-refractivity contribution in [1.29, 1.82) is 0 Å². The number of aromatic nitrogens is 4. The van der Waals surface area contributed by atoms with Crippen LogP contribution in [0.25, 0.3) is 0 Å². The Morgan fingerprint density at radius 1 is 1.03 bits per heavy atom. The Balaban J connectivity index is 1.33. The molecule has 1 amide bonds. The van der Waals surface area contributed by atoms with Crippen LogP contribution >= 0.6 is 0 Å². The number of hydrogen-bond donors (Lipinski definition) is 1. The quantitative estimate of drug-likeness (QED) is 0.510. The van der Waals surface area contributed by atoms with Gasteiger partial charge in [-0.05, 0) is 53.6 Å². The zero-order valence-electron chi connectivity index (χ0n) is 15.9. The molecular weight excluding hydrogens is 385 g/mol. The monoisotopic (exact) mass is 403 g/mol. The van der Waals surface area contributed by atoms with Crippen LogP contribution in [0.5, 0.6) is 11.6 Å². The second-order valence-corrected chi connectivity index (χ2v) is 6.53. The molecule has 0 aliphatic carbocycles. The smallest absolute Gasteiger partial charge is 0.251 e. The lowest BCUT2D eigenvalue weighted by Crippen LogP contribution is -2.22. The van der Waals surface area contributed by atoms with Gasteiger partial charge < -0.3 is 10.1 Å². The van der Waals surface area contributed by atoms with Crippen molar-refractivity contribution in [2.45, 2.75) is 13.1 Å². The summed E-state index contributed by atoms with van der Waals surface area (Å²) < 4.78 is 20.3. The molecule has 4 aromatic rings. The fourth-order valence-corrected chi connectivity index (χ4v) is 2.79. The van der Waals surface area contributed by atoms with E-state index in [1.54, 1.807) is 41.5 Å². The Morgan fingerprint density at radius 2 is 1.83 bits per heavy atom. The molecule has 2 aromatic heterocycles. The highest BCUT2D eigenvalue weighted by Gasteiger charge is 2.07. The lowest BCUT2D eigenvalue weighted by atomic mass is 10.1. The van der Waals surface area contributed by atoms with Gasteiger partial charge >= 0.3 is 0 Å². The van der Waals surface area contributed by atoms with Gasteiger partial charge in [0.2, 0.25) is 5.88 Å². The molecule has 0 saturated carbocycles. The molecule has 8 heteroatoms. The summed E-state index contributed by atoms with van der Waals surface area (Å²) in [5.74, 6) is 0.334. The number of carbonyl (C=O) groups excluding carboxylic acids is 1. The van der Waals surface area contributed by atoms with E-state index in [0.717, 1.165) is 11.1 Å². The summed E-state index contributed by atoms with van der Waals surface area (Å²) >= 11 is 0. The first kappa shape index (κ1) is 19.3. The molecular formula is C22H18FN5O2. The molecule has 0 atom stereocenters. The van der Waals surface area contributed by atoms with Crippen LogP contribution in [0.2, 0.25) is 0 Å². The number of pyridine rings is 1. The molecule has 0 aliphatic heterocycles. The predicted molar refractivity (Wildman–Crippen MR) is 107 cm³/mol. The molecule has 0 spiro atoms. The zero-order chi connectivity index (χ0) is 20.8. The average Bonchev–Trinajstić information content (AvgIpc) is 3.28. The van der Waals surface area contributed by atoms with E-state index in [2.05, 4.69) is 20.4 Å².